The number of H-pyrrole nitrogens is 1. The molecule has 0 aliphatic rings. The van der Waals surface area contributed by atoms with Crippen LogP contribution in [0.4, 0.5) is 0 Å². The van der Waals surface area contributed by atoms with Gasteiger partial charge in [-0.1, -0.05) is 18.2 Å². The van der Waals surface area contributed by atoms with E-state index in [4.69, 9.17) is 0 Å². The summed E-state index contributed by atoms with van der Waals surface area (Å²) in [5.41, 5.74) is 1.25. The maximum Gasteiger partial charge on any atom is 0.251 e. The zero-order chi connectivity index (χ0) is 16.7. The van der Waals surface area contributed by atoms with Crippen LogP contribution in [-0.4, -0.2) is 29.9 Å². The van der Waals surface area contributed by atoms with E-state index in [-0.39, 0.29) is 23.8 Å². The van der Waals surface area contributed by atoms with E-state index in [1.807, 2.05) is 30.3 Å². The van der Waals surface area contributed by atoms with Crippen LogP contribution in [0.2, 0.25) is 0 Å². The van der Waals surface area contributed by atoms with Crippen LogP contribution < -0.4 is 16.2 Å². The minimum absolute atomic E-state index is 0.0770. The molecule has 0 spiro atoms. The van der Waals surface area contributed by atoms with Gasteiger partial charge >= 0.3 is 0 Å². The van der Waals surface area contributed by atoms with E-state index in [1.165, 1.54) is 6.92 Å². The highest BCUT2D eigenvalue weighted by Gasteiger charge is 2.06. The summed E-state index contributed by atoms with van der Waals surface area (Å²) in [4.78, 5) is 37.3. The van der Waals surface area contributed by atoms with Crippen molar-refractivity contribution in [3.05, 3.63) is 46.2 Å². The number of hydrogen-bond acceptors (Lipinski definition) is 3. The van der Waals surface area contributed by atoms with Crippen LogP contribution >= 0.6 is 0 Å². The Labute approximate surface area is 134 Å². The van der Waals surface area contributed by atoms with Gasteiger partial charge in [0.2, 0.25) is 11.8 Å². The number of aryl methyl sites for hydroxylation is 1. The number of para-hydroxylation sites is 1. The number of aromatic amines is 1. The summed E-state index contributed by atoms with van der Waals surface area (Å²) in [5.74, 6) is -0.174. The molecule has 0 aliphatic heterocycles. The van der Waals surface area contributed by atoms with Gasteiger partial charge in [-0.05, 0) is 30.4 Å². The van der Waals surface area contributed by atoms with E-state index in [0.29, 0.717) is 31.5 Å². The second-order valence-electron chi connectivity index (χ2n) is 5.40. The fourth-order valence-electron chi connectivity index (χ4n) is 2.30. The lowest BCUT2D eigenvalue weighted by Crippen LogP contribution is -2.29. The zero-order valence-corrected chi connectivity index (χ0v) is 13.1. The number of carbonyl (C=O) groups excluding carboxylic acids is 2. The van der Waals surface area contributed by atoms with Gasteiger partial charge in [0, 0.05) is 37.5 Å². The van der Waals surface area contributed by atoms with Crippen molar-refractivity contribution in [1.82, 2.24) is 15.6 Å². The molecular formula is C17H21N3O3. The number of carbonyl (C=O) groups is 2. The second kappa shape index (κ2) is 8.12. The van der Waals surface area contributed by atoms with Crippen LogP contribution in [0.25, 0.3) is 10.9 Å². The smallest absolute Gasteiger partial charge is 0.251 e. The first kappa shape index (κ1) is 16.7. The van der Waals surface area contributed by atoms with E-state index in [9.17, 15) is 14.4 Å². The SMILES string of the molecule is CC(=O)NCCCNC(=O)CCc1cc2ccccc2[nH]c1=O. The van der Waals surface area contributed by atoms with Gasteiger partial charge in [-0.3, -0.25) is 14.4 Å². The summed E-state index contributed by atoms with van der Waals surface area (Å²) in [7, 11) is 0. The van der Waals surface area contributed by atoms with E-state index in [1.54, 1.807) is 0 Å². The topological polar surface area (TPSA) is 91.1 Å². The number of aromatic nitrogens is 1. The molecule has 3 N–H and O–H groups in total. The van der Waals surface area contributed by atoms with Crippen molar-refractivity contribution in [2.75, 3.05) is 13.1 Å². The molecule has 0 radical (unpaired) electrons. The van der Waals surface area contributed by atoms with Crippen LogP contribution in [0, 0.1) is 0 Å². The van der Waals surface area contributed by atoms with Crippen molar-refractivity contribution in [3.8, 4) is 0 Å². The second-order valence-corrected chi connectivity index (χ2v) is 5.40. The van der Waals surface area contributed by atoms with Gasteiger partial charge in [0.05, 0.1) is 0 Å². The van der Waals surface area contributed by atoms with Crippen molar-refractivity contribution in [2.24, 2.45) is 0 Å². The van der Waals surface area contributed by atoms with Gasteiger partial charge in [0.15, 0.2) is 0 Å². The molecule has 6 heteroatoms. The largest absolute Gasteiger partial charge is 0.356 e. The lowest BCUT2D eigenvalue weighted by molar-refractivity contribution is -0.121. The quantitative estimate of drug-likeness (QED) is 0.668. The molecule has 0 saturated heterocycles. The third kappa shape index (κ3) is 5.25. The molecule has 0 bridgehead atoms. The van der Waals surface area contributed by atoms with Crippen LogP contribution in [0.3, 0.4) is 0 Å². The first-order valence-electron chi connectivity index (χ1n) is 7.68. The summed E-state index contributed by atoms with van der Waals surface area (Å²) in [6.45, 7) is 2.51. The molecule has 0 atom stereocenters. The third-order valence-electron chi connectivity index (χ3n) is 3.50. The van der Waals surface area contributed by atoms with Crippen molar-refractivity contribution in [2.45, 2.75) is 26.2 Å². The Morgan fingerprint density at radius 2 is 1.87 bits per heavy atom. The zero-order valence-electron chi connectivity index (χ0n) is 13.1. The predicted molar refractivity (Wildman–Crippen MR) is 89.2 cm³/mol. The molecule has 0 aliphatic carbocycles. The summed E-state index contributed by atoms with van der Waals surface area (Å²) in [6, 6.07) is 9.38. The minimum Gasteiger partial charge on any atom is -0.356 e. The maximum absolute atomic E-state index is 12.0. The van der Waals surface area contributed by atoms with Crippen LogP contribution in [0.5, 0.6) is 0 Å². The highest BCUT2D eigenvalue weighted by atomic mass is 16.2. The number of fused-ring (bicyclic) bond motifs is 1. The first-order chi connectivity index (χ1) is 11.1. The molecule has 0 fully saturated rings. The van der Waals surface area contributed by atoms with Gasteiger partial charge in [0.25, 0.3) is 5.56 Å². The van der Waals surface area contributed by atoms with E-state index >= 15 is 0 Å². The highest BCUT2D eigenvalue weighted by Crippen LogP contribution is 2.10. The van der Waals surface area contributed by atoms with E-state index in [2.05, 4.69) is 15.6 Å². The monoisotopic (exact) mass is 315 g/mol. The minimum atomic E-state index is -0.151. The number of hydrogen-bond donors (Lipinski definition) is 3. The Kier molecular flexibility index (Phi) is 5.91. The molecule has 2 amide bonds. The fourth-order valence-corrected chi connectivity index (χ4v) is 2.30. The lowest BCUT2D eigenvalue weighted by atomic mass is 10.1. The van der Waals surface area contributed by atoms with Crippen molar-refractivity contribution in [1.29, 1.82) is 0 Å². The number of pyridine rings is 1. The van der Waals surface area contributed by atoms with Gasteiger partial charge in [-0.2, -0.15) is 0 Å². The number of rotatable bonds is 7. The molecule has 2 rings (SSSR count). The van der Waals surface area contributed by atoms with Crippen LogP contribution in [0.15, 0.2) is 35.1 Å². The fraction of sp³-hybridized carbons (Fsp3) is 0.353. The number of nitrogens with one attached hydrogen (secondary N) is 3. The Morgan fingerprint density at radius 1 is 1.13 bits per heavy atom. The van der Waals surface area contributed by atoms with Crippen LogP contribution in [0.1, 0.15) is 25.3 Å². The molecule has 0 unspecified atom stereocenters. The van der Waals surface area contributed by atoms with E-state index < -0.39 is 0 Å². The molecule has 23 heavy (non-hydrogen) atoms. The van der Waals surface area contributed by atoms with Crippen molar-refractivity contribution in [3.63, 3.8) is 0 Å². The van der Waals surface area contributed by atoms with Crippen molar-refractivity contribution >= 4 is 22.7 Å². The predicted octanol–water partition coefficient (Wildman–Crippen LogP) is 1.10. The lowest BCUT2D eigenvalue weighted by Gasteiger charge is -2.06. The highest BCUT2D eigenvalue weighted by molar-refractivity contribution is 5.79. The summed E-state index contributed by atoms with van der Waals surface area (Å²) in [5, 5.41) is 6.40. The standard InChI is InChI=1S/C17H21N3O3/c1-12(21)18-9-4-10-19-16(22)8-7-14-11-13-5-2-3-6-15(13)20-17(14)23/h2-3,5-6,11H,4,7-10H2,1H3,(H,18,21)(H,19,22)(H,20,23). The van der Waals surface area contributed by atoms with Gasteiger partial charge < -0.3 is 15.6 Å². The Balaban J connectivity index is 1.81. The molecule has 122 valence electrons. The van der Waals surface area contributed by atoms with Crippen LogP contribution in [-0.2, 0) is 16.0 Å². The van der Waals surface area contributed by atoms with Gasteiger partial charge in [-0.25, -0.2) is 0 Å². The first-order valence-corrected chi connectivity index (χ1v) is 7.68. The summed E-state index contributed by atoms with van der Waals surface area (Å²) < 4.78 is 0. The van der Waals surface area contributed by atoms with Gasteiger partial charge in [-0.15, -0.1) is 0 Å². The molecule has 1 heterocycles. The summed E-state index contributed by atoms with van der Waals surface area (Å²) >= 11 is 0. The maximum atomic E-state index is 12.0. The average Bonchev–Trinajstić information content (AvgIpc) is 2.52. The Bertz CT molecular complexity index is 752. The molecule has 1 aromatic carbocycles. The molecule has 0 saturated carbocycles. The Morgan fingerprint density at radius 3 is 2.65 bits per heavy atom. The molecule has 2 aromatic rings. The molecule has 6 nitrogen and oxygen atoms in total. The van der Waals surface area contributed by atoms with Crippen molar-refractivity contribution < 1.29 is 9.59 Å². The average molecular weight is 315 g/mol. The molecule has 1 aromatic heterocycles. The third-order valence-corrected chi connectivity index (χ3v) is 3.50. The number of benzene rings is 1. The summed E-state index contributed by atoms with van der Waals surface area (Å²) in [6.07, 6.45) is 1.35. The Hall–Kier alpha value is -2.63. The van der Waals surface area contributed by atoms with Gasteiger partial charge in [0.1, 0.15) is 0 Å². The number of amides is 2. The van der Waals surface area contributed by atoms with E-state index in [0.717, 1.165) is 10.9 Å². The normalized spacial score (nSPS) is 10.5. The molecular weight excluding hydrogens is 294 g/mol.